The quantitative estimate of drug-likeness (QED) is 0.197. The number of aromatic nitrogens is 3. The summed E-state index contributed by atoms with van der Waals surface area (Å²) in [6.07, 6.45) is 1.95. The molecule has 29 heavy (non-hydrogen) atoms. The van der Waals surface area contributed by atoms with Gasteiger partial charge in [-0.2, -0.15) is 0 Å². The first kappa shape index (κ1) is 16.7. The van der Waals surface area contributed by atoms with Crippen LogP contribution >= 0.6 is 0 Å². The van der Waals surface area contributed by atoms with E-state index in [0.717, 1.165) is 5.52 Å². The second kappa shape index (κ2) is 5.44. The van der Waals surface area contributed by atoms with Crippen LogP contribution in [0.4, 0.5) is 0 Å². The minimum absolute atomic E-state index is 0.499. The Balaban J connectivity index is 2.07. The van der Waals surface area contributed by atoms with E-state index in [-0.39, 0.29) is 0 Å². The molecule has 142 valence electrons. The van der Waals surface area contributed by atoms with E-state index in [9.17, 15) is 0 Å². The standard InChI is InChI=1S/C26H24N3/c1-14(2)17-9-10-18-19-11-15(3)16(4)23-25(19)29(22(18)12-17)21-8-6-7-20-24(21)26(23)28(5)13-27-20/h6-14H,1-5H3/q+1. The van der Waals surface area contributed by atoms with Crippen LogP contribution in [0.2, 0.25) is 0 Å². The lowest BCUT2D eigenvalue weighted by atomic mass is 9.97. The fraction of sp³-hybridized carbons (Fsp3) is 0.231. The molecule has 0 saturated carbocycles. The molecule has 0 aliphatic rings. The van der Waals surface area contributed by atoms with Crippen molar-refractivity contribution in [2.24, 2.45) is 7.05 Å². The molecule has 6 aromatic rings. The van der Waals surface area contributed by atoms with Crippen LogP contribution in [-0.4, -0.2) is 9.38 Å². The zero-order valence-electron chi connectivity index (χ0n) is 17.5. The summed E-state index contributed by atoms with van der Waals surface area (Å²) in [5.41, 5.74) is 10.2. The van der Waals surface area contributed by atoms with Gasteiger partial charge in [0, 0.05) is 10.8 Å². The fourth-order valence-electron chi connectivity index (χ4n) is 5.07. The molecule has 0 N–H and O–H groups in total. The minimum atomic E-state index is 0.499. The van der Waals surface area contributed by atoms with Crippen LogP contribution in [0.25, 0.3) is 49.1 Å². The maximum absolute atomic E-state index is 4.73. The minimum Gasteiger partial charge on any atom is -0.308 e. The molecule has 0 spiro atoms. The van der Waals surface area contributed by atoms with Crippen molar-refractivity contribution in [3.8, 4) is 0 Å². The Morgan fingerprint density at radius 3 is 2.55 bits per heavy atom. The average molecular weight is 378 g/mol. The number of nitrogens with zero attached hydrogens (tertiary/aromatic N) is 3. The molecule has 3 aromatic carbocycles. The van der Waals surface area contributed by atoms with E-state index in [1.807, 2.05) is 6.33 Å². The van der Waals surface area contributed by atoms with Gasteiger partial charge in [-0.1, -0.05) is 32.0 Å². The second-order valence-electron chi connectivity index (χ2n) is 8.73. The fourth-order valence-corrected chi connectivity index (χ4v) is 5.07. The van der Waals surface area contributed by atoms with Crippen molar-refractivity contribution in [1.29, 1.82) is 0 Å². The van der Waals surface area contributed by atoms with Crippen molar-refractivity contribution in [3.05, 3.63) is 65.5 Å². The third-order valence-corrected chi connectivity index (χ3v) is 6.72. The van der Waals surface area contributed by atoms with Gasteiger partial charge in [-0.15, -0.1) is 0 Å². The van der Waals surface area contributed by atoms with Crippen LogP contribution in [0.1, 0.15) is 36.5 Å². The van der Waals surface area contributed by atoms with Gasteiger partial charge in [0.25, 0.3) is 6.33 Å². The number of hydrogen-bond donors (Lipinski definition) is 0. The van der Waals surface area contributed by atoms with Crippen molar-refractivity contribution in [3.63, 3.8) is 0 Å². The number of aryl methyl sites for hydroxylation is 3. The molecule has 3 heteroatoms. The maximum Gasteiger partial charge on any atom is 0.287 e. The molecule has 0 saturated heterocycles. The van der Waals surface area contributed by atoms with E-state index in [0.29, 0.717) is 5.92 Å². The zero-order chi connectivity index (χ0) is 20.0. The van der Waals surface area contributed by atoms with Gasteiger partial charge in [0.2, 0.25) is 0 Å². The van der Waals surface area contributed by atoms with Gasteiger partial charge in [0.05, 0.1) is 34.4 Å². The normalized spacial score (nSPS) is 12.6. The van der Waals surface area contributed by atoms with Crippen LogP contribution in [-0.2, 0) is 7.05 Å². The van der Waals surface area contributed by atoms with Gasteiger partial charge in [-0.25, -0.2) is 4.57 Å². The summed E-state index contributed by atoms with van der Waals surface area (Å²) < 4.78 is 4.67. The predicted octanol–water partition coefficient (Wildman–Crippen LogP) is 5.95. The third-order valence-electron chi connectivity index (χ3n) is 6.72. The first-order valence-corrected chi connectivity index (χ1v) is 10.3. The maximum atomic E-state index is 4.73. The molecule has 3 nitrogen and oxygen atoms in total. The molecule has 0 atom stereocenters. The third kappa shape index (κ3) is 1.97. The van der Waals surface area contributed by atoms with Crippen LogP contribution in [0, 0.1) is 13.8 Å². The van der Waals surface area contributed by atoms with Gasteiger partial charge >= 0.3 is 0 Å². The van der Waals surface area contributed by atoms with Gasteiger partial charge in [-0.3, -0.25) is 0 Å². The topological polar surface area (TPSA) is 21.2 Å². The number of hydrogen-bond acceptors (Lipinski definition) is 1. The molecule has 0 aliphatic heterocycles. The Labute approximate surface area is 169 Å². The van der Waals surface area contributed by atoms with Gasteiger partial charge in [0.1, 0.15) is 5.52 Å². The van der Waals surface area contributed by atoms with Gasteiger partial charge in [0.15, 0.2) is 5.52 Å². The first-order chi connectivity index (χ1) is 14.0. The molecule has 3 aromatic heterocycles. The lowest BCUT2D eigenvalue weighted by molar-refractivity contribution is -0.646. The summed E-state index contributed by atoms with van der Waals surface area (Å²) in [6.45, 7) is 9.01. The molecule has 0 unspecified atom stereocenters. The molecule has 0 amide bonds. The lowest BCUT2D eigenvalue weighted by Crippen LogP contribution is -2.30. The summed E-state index contributed by atoms with van der Waals surface area (Å²) in [6, 6.07) is 15.9. The molecule has 0 aliphatic carbocycles. The molecule has 0 bridgehead atoms. The summed E-state index contributed by atoms with van der Waals surface area (Å²) in [7, 11) is 2.11. The van der Waals surface area contributed by atoms with E-state index < -0.39 is 0 Å². The summed E-state index contributed by atoms with van der Waals surface area (Å²) >= 11 is 0. The Bertz CT molecular complexity index is 1600. The summed E-state index contributed by atoms with van der Waals surface area (Å²) in [5.74, 6) is 0.499. The number of fused-ring (bicyclic) bond motifs is 5. The van der Waals surface area contributed by atoms with Crippen LogP contribution < -0.4 is 4.57 Å². The van der Waals surface area contributed by atoms with E-state index in [1.54, 1.807) is 0 Å². The Hall–Kier alpha value is -3.20. The van der Waals surface area contributed by atoms with Crippen molar-refractivity contribution in [2.75, 3.05) is 0 Å². The molecule has 0 radical (unpaired) electrons. The van der Waals surface area contributed by atoms with Crippen molar-refractivity contribution in [1.82, 2.24) is 9.38 Å². The Morgan fingerprint density at radius 2 is 1.76 bits per heavy atom. The van der Waals surface area contributed by atoms with Gasteiger partial charge < -0.3 is 4.40 Å². The highest BCUT2D eigenvalue weighted by Gasteiger charge is 2.24. The van der Waals surface area contributed by atoms with Crippen molar-refractivity contribution in [2.45, 2.75) is 33.6 Å². The van der Waals surface area contributed by atoms with E-state index in [4.69, 9.17) is 4.98 Å². The average Bonchev–Trinajstić information content (AvgIpc) is 3.03. The number of pyridine rings is 1. The van der Waals surface area contributed by atoms with Crippen LogP contribution in [0.3, 0.4) is 0 Å². The van der Waals surface area contributed by atoms with E-state index in [1.165, 1.54) is 60.3 Å². The number of benzene rings is 3. The SMILES string of the molecule is Cc1cc2c3ccc(C(C)C)cc3n3c4cccc5nc[n+](C)c(c(c1C)c23)c54. The van der Waals surface area contributed by atoms with E-state index in [2.05, 4.69) is 86.2 Å². The Morgan fingerprint density at radius 1 is 0.931 bits per heavy atom. The largest absolute Gasteiger partial charge is 0.308 e. The molecular formula is C26H24N3+. The smallest absolute Gasteiger partial charge is 0.287 e. The highest BCUT2D eigenvalue weighted by atomic mass is 15.0. The van der Waals surface area contributed by atoms with Crippen LogP contribution in [0.15, 0.2) is 48.8 Å². The Kier molecular flexibility index (Phi) is 3.14. The number of rotatable bonds is 1. The van der Waals surface area contributed by atoms with Crippen molar-refractivity contribution >= 4 is 49.1 Å². The van der Waals surface area contributed by atoms with Crippen molar-refractivity contribution < 1.29 is 4.57 Å². The molecule has 3 heterocycles. The molecule has 6 rings (SSSR count). The predicted molar refractivity (Wildman–Crippen MR) is 121 cm³/mol. The summed E-state index contributed by atoms with van der Waals surface area (Å²) in [4.78, 5) is 4.73. The van der Waals surface area contributed by atoms with E-state index >= 15 is 0 Å². The highest BCUT2D eigenvalue weighted by Crippen LogP contribution is 2.41. The monoisotopic (exact) mass is 378 g/mol. The highest BCUT2D eigenvalue weighted by molar-refractivity contribution is 6.25. The lowest BCUT2D eigenvalue weighted by Gasteiger charge is -2.14. The first-order valence-electron chi connectivity index (χ1n) is 10.3. The second-order valence-corrected chi connectivity index (χ2v) is 8.73. The zero-order valence-corrected chi connectivity index (χ0v) is 17.5. The molecular weight excluding hydrogens is 354 g/mol. The summed E-state index contributed by atoms with van der Waals surface area (Å²) in [5, 5.41) is 5.25. The molecule has 0 fully saturated rings. The van der Waals surface area contributed by atoms with Crippen LogP contribution in [0.5, 0.6) is 0 Å². The van der Waals surface area contributed by atoms with Gasteiger partial charge in [-0.05, 0) is 65.7 Å².